The molecule has 110 valence electrons. The summed E-state index contributed by atoms with van der Waals surface area (Å²) < 4.78 is 13.8. The van der Waals surface area contributed by atoms with E-state index in [0.717, 1.165) is 37.4 Å². The number of aliphatic hydroxyl groups is 1. The second-order valence-electron chi connectivity index (χ2n) is 5.09. The lowest BCUT2D eigenvalue weighted by molar-refractivity contribution is 0.282. The summed E-state index contributed by atoms with van der Waals surface area (Å²) in [5, 5.41) is 9.40. The molecule has 0 bridgehead atoms. The number of rotatable bonds is 3. The van der Waals surface area contributed by atoms with Gasteiger partial charge in [0.2, 0.25) is 0 Å². The molecule has 0 spiro atoms. The lowest BCUT2D eigenvalue weighted by atomic mass is 10.2. The molecule has 0 aliphatic carbocycles. The summed E-state index contributed by atoms with van der Waals surface area (Å²) in [5.74, 6) is -0.177. The zero-order valence-corrected chi connectivity index (χ0v) is 11.7. The van der Waals surface area contributed by atoms with E-state index in [4.69, 9.17) is 0 Å². The molecule has 1 aromatic carbocycles. The molecule has 0 saturated carbocycles. The first-order chi connectivity index (χ1) is 10.3. The van der Waals surface area contributed by atoms with Crippen molar-refractivity contribution < 1.29 is 9.50 Å². The van der Waals surface area contributed by atoms with Crippen molar-refractivity contribution in [3.8, 4) is 0 Å². The smallest absolute Gasteiger partial charge is 0.146 e. The molecule has 2 aromatic rings. The summed E-state index contributed by atoms with van der Waals surface area (Å²) in [6.07, 6.45) is 3.47. The Bertz CT molecular complexity index is 612. The zero-order valence-electron chi connectivity index (χ0n) is 11.7. The van der Waals surface area contributed by atoms with Crippen molar-refractivity contribution in [1.29, 1.82) is 0 Å². The molecule has 0 amide bonds. The van der Waals surface area contributed by atoms with E-state index >= 15 is 0 Å². The van der Waals surface area contributed by atoms with Crippen LogP contribution in [-0.2, 0) is 6.61 Å². The second kappa shape index (κ2) is 6.10. The van der Waals surface area contributed by atoms with Crippen LogP contribution < -0.4 is 9.80 Å². The van der Waals surface area contributed by atoms with Crippen LogP contribution in [0.15, 0.2) is 42.7 Å². The van der Waals surface area contributed by atoms with Gasteiger partial charge in [0, 0.05) is 37.9 Å². The van der Waals surface area contributed by atoms with Crippen LogP contribution in [0.3, 0.4) is 0 Å². The Hall–Kier alpha value is -2.14. The van der Waals surface area contributed by atoms with E-state index in [1.165, 1.54) is 6.07 Å². The first-order valence-electron chi connectivity index (χ1n) is 7.08. The molecule has 4 nitrogen and oxygen atoms in total. The van der Waals surface area contributed by atoms with Crippen LogP contribution in [-0.4, -0.2) is 36.3 Å². The predicted molar refractivity (Wildman–Crippen MR) is 81.0 cm³/mol. The number of aromatic nitrogens is 1. The van der Waals surface area contributed by atoms with Crippen LogP contribution in [0.25, 0.3) is 0 Å². The monoisotopic (exact) mass is 287 g/mol. The fraction of sp³-hybridized carbons (Fsp3) is 0.312. The third-order valence-corrected chi connectivity index (χ3v) is 3.87. The van der Waals surface area contributed by atoms with E-state index in [0.29, 0.717) is 5.69 Å². The molecular formula is C16H18FN3O. The normalized spacial score (nSPS) is 15.3. The summed E-state index contributed by atoms with van der Waals surface area (Å²) in [6, 6.07) is 8.70. The van der Waals surface area contributed by atoms with Crippen LogP contribution in [0.2, 0.25) is 0 Å². The highest BCUT2D eigenvalue weighted by atomic mass is 19.1. The minimum absolute atomic E-state index is 0.00534. The van der Waals surface area contributed by atoms with E-state index < -0.39 is 0 Å². The Morgan fingerprint density at radius 3 is 2.33 bits per heavy atom. The molecule has 1 aromatic heterocycles. The van der Waals surface area contributed by atoms with Gasteiger partial charge in [-0.15, -0.1) is 0 Å². The average Bonchev–Trinajstić information content (AvgIpc) is 2.55. The van der Waals surface area contributed by atoms with Crippen molar-refractivity contribution in [2.24, 2.45) is 0 Å². The van der Waals surface area contributed by atoms with Gasteiger partial charge in [0.15, 0.2) is 0 Å². The van der Waals surface area contributed by atoms with Crippen LogP contribution in [0.1, 0.15) is 5.56 Å². The van der Waals surface area contributed by atoms with Crippen molar-refractivity contribution in [2.45, 2.75) is 6.61 Å². The Morgan fingerprint density at radius 2 is 1.67 bits per heavy atom. The average molecular weight is 287 g/mol. The molecule has 0 atom stereocenters. The summed E-state index contributed by atoms with van der Waals surface area (Å²) in [6.45, 7) is 3.08. The largest absolute Gasteiger partial charge is 0.392 e. The summed E-state index contributed by atoms with van der Waals surface area (Å²) in [4.78, 5) is 8.38. The molecule has 0 radical (unpaired) electrons. The van der Waals surface area contributed by atoms with Gasteiger partial charge >= 0.3 is 0 Å². The van der Waals surface area contributed by atoms with Gasteiger partial charge in [0.25, 0.3) is 0 Å². The van der Waals surface area contributed by atoms with Crippen LogP contribution >= 0.6 is 0 Å². The molecule has 3 rings (SSSR count). The highest BCUT2D eigenvalue weighted by Gasteiger charge is 2.20. The van der Waals surface area contributed by atoms with E-state index in [9.17, 15) is 9.50 Å². The summed E-state index contributed by atoms with van der Waals surface area (Å²) in [5.41, 5.74) is 2.50. The van der Waals surface area contributed by atoms with Gasteiger partial charge in [0.1, 0.15) is 5.82 Å². The third-order valence-electron chi connectivity index (χ3n) is 3.87. The maximum Gasteiger partial charge on any atom is 0.146 e. The van der Waals surface area contributed by atoms with Crippen molar-refractivity contribution in [3.05, 3.63) is 54.1 Å². The van der Waals surface area contributed by atoms with E-state index in [-0.39, 0.29) is 12.4 Å². The van der Waals surface area contributed by atoms with E-state index in [2.05, 4.69) is 14.8 Å². The van der Waals surface area contributed by atoms with Crippen molar-refractivity contribution >= 4 is 11.4 Å². The Morgan fingerprint density at radius 1 is 1.00 bits per heavy atom. The fourth-order valence-electron chi connectivity index (χ4n) is 2.73. The number of hydrogen-bond acceptors (Lipinski definition) is 4. The number of anilines is 2. The van der Waals surface area contributed by atoms with E-state index in [1.54, 1.807) is 18.5 Å². The quantitative estimate of drug-likeness (QED) is 0.938. The van der Waals surface area contributed by atoms with Crippen LogP contribution in [0, 0.1) is 5.82 Å². The molecule has 1 saturated heterocycles. The molecule has 0 unspecified atom stereocenters. The molecule has 1 aliphatic rings. The standard InChI is InChI=1S/C16H18FN3O/c17-14-3-1-2-4-15(14)19-7-9-20(10-8-19)16-11-18-6-5-13(16)12-21/h1-6,11,21H,7-10,12H2. The Balaban J connectivity index is 1.72. The molecule has 1 N–H and O–H groups in total. The molecule has 1 fully saturated rings. The number of aliphatic hydroxyl groups excluding tert-OH is 1. The lowest BCUT2D eigenvalue weighted by Crippen LogP contribution is -2.47. The van der Waals surface area contributed by atoms with Gasteiger partial charge in [-0.25, -0.2) is 4.39 Å². The van der Waals surface area contributed by atoms with Gasteiger partial charge in [-0.1, -0.05) is 12.1 Å². The molecule has 2 heterocycles. The zero-order chi connectivity index (χ0) is 14.7. The SMILES string of the molecule is OCc1ccncc1N1CCN(c2ccccc2F)CC1. The lowest BCUT2D eigenvalue weighted by Gasteiger charge is -2.37. The number of piperazine rings is 1. The summed E-state index contributed by atoms with van der Waals surface area (Å²) >= 11 is 0. The number of para-hydroxylation sites is 1. The van der Waals surface area contributed by atoms with Gasteiger partial charge in [-0.3, -0.25) is 4.98 Å². The van der Waals surface area contributed by atoms with Gasteiger partial charge < -0.3 is 14.9 Å². The number of halogens is 1. The van der Waals surface area contributed by atoms with Crippen molar-refractivity contribution in [1.82, 2.24) is 4.98 Å². The minimum Gasteiger partial charge on any atom is -0.392 e. The Labute approximate surface area is 123 Å². The van der Waals surface area contributed by atoms with Crippen molar-refractivity contribution in [2.75, 3.05) is 36.0 Å². The predicted octanol–water partition coefficient (Wildman–Crippen LogP) is 2.04. The first kappa shape index (κ1) is 13.8. The van der Waals surface area contributed by atoms with Gasteiger partial charge in [-0.05, 0) is 18.2 Å². The first-order valence-corrected chi connectivity index (χ1v) is 7.08. The molecule has 1 aliphatic heterocycles. The third kappa shape index (κ3) is 2.83. The van der Waals surface area contributed by atoms with Crippen LogP contribution in [0.4, 0.5) is 15.8 Å². The Kier molecular flexibility index (Phi) is 4.01. The number of hydrogen-bond donors (Lipinski definition) is 1. The second-order valence-corrected chi connectivity index (χ2v) is 5.09. The maximum atomic E-state index is 13.8. The summed E-state index contributed by atoms with van der Waals surface area (Å²) in [7, 11) is 0. The van der Waals surface area contributed by atoms with E-state index in [1.807, 2.05) is 18.2 Å². The van der Waals surface area contributed by atoms with Crippen molar-refractivity contribution in [3.63, 3.8) is 0 Å². The molecule has 5 heteroatoms. The highest BCUT2D eigenvalue weighted by molar-refractivity contribution is 5.54. The number of nitrogens with zero attached hydrogens (tertiary/aromatic N) is 3. The van der Waals surface area contributed by atoms with Crippen LogP contribution in [0.5, 0.6) is 0 Å². The topological polar surface area (TPSA) is 39.6 Å². The van der Waals surface area contributed by atoms with Gasteiger partial charge in [-0.2, -0.15) is 0 Å². The molecule has 21 heavy (non-hydrogen) atoms. The minimum atomic E-state index is -0.177. The number of pyridine rings is 1. The highest BCUT2D eigenvalue weighted by Crippen LogP contribution is 2.24. The van der Waals surface area contributed by atoms with Gasteiger partial charge in [0.05, 0.1) is 24.2 Å². The number of benzene rings is 1. The molecular weight excluding hydrogens is 269 g/mol. The fourth-order valence-corrected chi connectivity index (χ4v) is 2.73. The maximum absolute atomic E-state index is 13.8.